The quantitative estimate of drug-likeness (QED) is 0.420. The molecule has 0 aromatic carbocycles. The third-order valence-corrected chi connectivity index (χ3v) is 2.14. The van der Waals surface area contributed by atoms with E-state index in [4.69, 9.17) is 9.84 Å². The Morgan fingerprint density at radius 1 is 1.50 bits per heavy atom. The van der Waals surface area contributed by atoms with Crippen molar-refractivity contribution >= 4 is 5.97 Å². The summed E-state index contributed by atoms with van der Waals surface area (Å²) in [7, 11) is 3.64. The molecule has 0 saturated heterocycles. The zero-order chi connectivity index (χ0) is 12.4. The number of methoxy groups -OCH3 is 1. The lowest BCUT2D eigenvalue weighted by Crippen LogP contribution is -2.35. The Kier molecular flexibility index (Phi) is 9.12. The Morgan fingerprint density at radius 2 is 2.19 bits per heavy atom. The maximum absolute atomic E-state index is 10.3. The van der Waals surface area contributed by atoms with Crippen molar-refractivity contribution in [2.24, 2.45) is 0 Å². The van der Waals surface area contributed by atoms with Crippen LogP contribution in [0.5, 0.6) is 0 Å². The van der Waals surface area contributed by atoms with Crippen molar-refractivity contribution in [3.8, 4) is 0 Å². The predicted octanol–water partition coefficient (Wildman–Crippen LogP) is -1.01. The van der Waals surface area contributed by atoms with Crippen molar-refractivity contribution in [1.29, 1.82) is 0 Å². The van der Waals surface area contributed by atoms with Crippen LogP contribution in [-0.2, 0) is 9.53 Å². The molecule has 0 aromatic heterocycles. The van der Waals surface area contributed by atoms with Crippen molar-refractivity contribution in [1.82, 2.24) is 10.2 Å². The highest BCUT2D eigenvalue weighted by molar-refractivity contribution is 5.67. The second-order valence-corrected chi connectivity index (χ2v) is 3.75. The molecule has 0 spiro atoms. The van der Waals surface area contributed by atoms with E-state index in [0.29, 0.717) is 13.2 Å². The molecule has 0 heterocycles. The van der Waals surface area contributed by atoms with Crippen LogP contribution in [0.15, 0.2) is 0 Å². The van der Waals surface area contributed by atoms with E-state index in [2.05, 4.69) is 10.2 Å². The highest BCUT2D eigenvalue weighted by Gasteiger charge is 2.08. The van der Waals surface area contributed by atoms with Crippen LogP contribution >= 0.6 is 0 Å². The van der Waals surface area contributed by atoms with Crippen molar-refractivity contribution in [3.63, 3.8) is 0 Å². The largest absolute Gasteiger partial charge is 0.481 e. The molecular formula is C10H22N2O4. The zero-order valence-corrected chi connectivity index (χ0v) is 9.98. The van der Waals surface area contributed by atoms with Crippen LogP contribution in [-0.4, -0.2) is 74.1 Å². The minimum Gasteiger partial charge on any atom is -0.481 e. The van der Waals surface area contributed by atoms with Gasteiger partial charge in [0.05, 0.1) is 19.1 Å². The number of likely N-dealkylation sites (N-methyl/N-ethyl adjacent to an activating group) is 1. The maximum Gasteiger partial charge on any atom is 0.306 e. The van der Waals surface area contributed by atoms with Crippen LogP contribution in [0.4, 0.5) is 0 Å². The molecule has 0 aliphatic heterocycles. The molecule has 0 aliphatic carbocycles. The number of hydrogen-bond donors (Lipinski definition) is 3. The molecule has 3 N–H and O–H groups in total. The molecule has 0 bridgehead atoms. The molecule has 1 atom stereocenters. The third-order valence-electron chi connectivity index (χ3n) is 2.14. The predicted molar refractivity (Wildman–Crippen MR) is 60.5 cm³/mol. The second-order valence-electron chi connectivity index (χ2n) is 3.75. The lowest BCUT2D eigenvalue weighted by Gasteiger charge is -2.17. The van der Waals surface area contributed by atoms with E-state index in [1.165, 1.54) is 0 Å². The monoisotopic (exact) mass is 234 g/mol. The molecule has 6 heteroatoms. The Hall–Kier alpha value is -0.690. The molecule has 1 unspecified atom stereocenters. The van der Waals surface area contributed by atoms with Gasteiger partial charge < -0.3 is 25.2 Å². The molecule has 0 aliphatic rings. The summed E-state index contributed by atoms with van der Waals surface area (Å²) >= 11 is 0. The number of carboxylic acid groups (broad SMARTS) is 1. The number of ether oxygens (including phenoxy) is 1. The second kappa shape index (κ2) is 9.53. The average Bonchev–Trinajstić information content (AvgIpc) is 2.20. The smallest absolute Gasteiger partial charge is 0.306 e. The first-order valence-electron chi connectivity index (χ1n) is 5.34. The number of rotatable bonds is 10. The number of carbonyl (C=O) groups is 1. The summed E-state index contributed by atoms with van der Waals surface area (Å²) in [5.41, 5.74) is 0. The van der Waals surface area contributed by atoms with E-state index in [9.17, 15) is 9.90 Å². The summed E-state index contributed by atoms with van der Waals surface area (Å²) in [5.74, 6) is -0.980. The summed E-state index contributed by atoms with van der Waals surface area (Å²) in [6.45, 7) is 3.42. The molecule has 0 amide bonds. The fraction of sp³-hybridized carbons (Fsp3) is 0.900. The van der Waals surface area contributed by atoms with Gasteiger partial charge in [-0.2, -0.15) is 0 Å². The average molecular weight is 234 g/mol. The van der Waals surface area contributed by atoms with Gasteiger partial charge >= 0.3 is 5.97 Å². The van der Waals surface area contributed by atoms with E-state index in [0.717, 1.165) is 19.6 Å². The van der Waals surface area contributed by atoms with Gasteiger partial charge in [-0.1, -0.05) is 0 Å². The number of carboxylic acids is 1. The molecule has 0 aromatic rings. The van der Waals surface area contributed by atoms with Gasteiger partial charge in [0, 0.05) is 33.3 Å². The first-order chi connectivity index (χ1) is 7.56. The van der Waals surface area contributed by atoms with Crippen LogP contribution in [0.2, 0.25) is 0 Å². The standard InChI is InChI=1S/C10H22N2O4/c1-12(5-6-16-2)4-3-11-8-9(13)7-10(14)15/h9,11,13H,3-8H2,1-2H3,(H,14,15). The van der Waals surface area contributed by atoms with Gasteiger partial charge in [0.1, 0.15) is 0 Å². The van der Waals surface area contributed by atoms with Gasteiger partial charge in [-0.15, -0.1) is 0 Å². The van der Waals surface area contributed by atoms with Crippen LogP contribution in [0, 0.1) is 0 Å². The first-order valence-corrected chi connectivity index (χ1v) is 5.34. The molecular weight excluding hydrogens is 212 g/mol. The van der Waals surface area contributed by atoms with Crippen LogP contribution in [0.3, 0.4) is 0 Å². The van der Waals surface area contributed by atoms with Crippen LogP contribution in [0.1, 0.15) is 6.42 Å². The number of aliphatic hydroxyl groups excluding tert-OH is 1. The normalized spacial score (nSPS) is 13.0. The van der Waals surface area contributed by atoms with Gasteiger partial charge in [0.25, 0.3) is 0 Å². The van der Waals surface area contributed by atoms with Crippen molar-refractivity contribution < 1.29 is 19.7 Å². The van der Waals surface area contributed by atoms with E-state index >= 15 is 0 Å². The fourth-order valence-electron chi connectivity index (χ4n) is 1.17. The van der Waals surface area contributed by atoms with Crippen molar-refractivity contribution in [2.75, 3.05) is 46.9 Å². The van der Waals surface area contributed by atoms with Crippen LogP contribution in [0.25, 0.3) is 0 Å². The van der Waals surface area contributed by atoms with E-state index in [1.54, 1.807) is 7.11 Å². The lowest BCUT2D eigenvalue weighted by molar-refractivity contribution is -0.139. The SMILES string of the molecule is COCCN(C)CCNCC(O)CC(=O)O. The minimum atomic E-state index is -0.980. The highest BCUT2D eigenvalue weighted by Crippen LogP contribution is 1.89. The summed E-state index contributed by atoms with van der Waals surface area (Å²) in [5, 5.41) is 20.7. The summed E-state index contributed by atoms with van der Waals surface area (Å²) in [6.07, 6.45) is -1.03. The third kappa shape index (κ3) is 9.85. The molecule has 0 saturated carbocycles. The molecule has 0 fully saturated rings. The van der Waals surface area contributed by atoms with Gasteiger partial charge in [0.15, 0.2) is 0 Å². The molecule has 0 radical (unpaired) electrons. The van der Waals surface area contributed by atoms with E-state index in [-0.39, 0.29) is 6.42 Å². The lowest BCUT2D eigenvalue weighted by atomic mass is 10.2. The van der Waals surface area contributed by atoms with E-state index < -0.39 is 12.1 Å². The maximum atomic E-state index is 10.3. The minimum absolute atomic E-state index is 0.216. The number of aliphatic hydroxyl groups is 1. The Morgan fingerprint density at radius 3 is 2.75 bits per heavy atom. The highest BCUT2D eigenvalue weighted by atomic mass is 16.5. The fourth-order valence-corrected chi connectivity index (χ4v) is 1.17. The van der Waals surface area contributed by atoms with E-state index in [1.807, 2.05) is 7.05 Å². The van der Waals surface area contributed by atoms with Gasteiger partial charge in [-0.3, -0.25) is 4.79 Å². The first kappa shape index (κ1) is 15.3. The topological polar surface area (TPSA) is 82.0 Å². The zero-order valence-electron chi connectivity index (χ0n) is 9.98. The van der Waals surface area contributed by atoms with Gasteiger partial charge in [-0.05, 0) is 7.05 Å². The number of hydrogen-bond acceptors (Lipinski definition) is 5. The Bertz CT molecular complexity index is 190. The molecule has 6 nitrogen and oxygen atoms in total. The number of nitrogens with one attached hydrogen (secondary N) is 1. The van der Waals surface area contributed by atoms with Crippen LogP contribution < -0.4 is 5.32 Å². The molecule has 16 heavy (non-hydrogen) atoms. The molecule has 0 rings (SSSR count). The summed E-state index contributed by atoms with van der Waals surface area (Å²) < 4.78 is 4.93. The van der Waals surface area contributed by atoms with Gasteiger partial charge in [0.2, 0.25) is 0 Å². The summed E-state index contributed by atoms with van der Waals surface area (Å²) in [4.78, 5) is 12.4. The van der Waals surface area contributed by atoms with Gasteiger partial charge in [-0.25, -0.2) is 0 Å². The number of nitrogens with zero attached hydrogens (tertiary/aromatic N) is 1. The van der Waals surface area contributed by atoms with Crippen molar-refractivity contribution in [2.45, 2.75) is 12.5 Å². The number of aliphatic carboxylic acids is 1. The van der Waals surface area contributed by atoms with Crippen molar-refractivity contribution in [3.05, 3.63) is 0 Å². The Labute approximate surface area is 96.2 Å². The Balaban J connectivity index is 3.34. The molecule has 96 valence electrons. The summed E-state index contributed by atoms with van der Waals surface area (Å²) in [6, 6.07) is 0.